The Kier molecular flexibility index (Phi) is 2.54. The van der Waals surface area contributed by atoms with E-state index in [-0.39, 0.29) is 11.2 Å². The number of fused-ring (bicyclic) bond motifs is 5. The lowest BCUT2D eigenvalue weighted by atomic mass is 9.76. The molecule has 0 radical (unpaired) electrons. The Hall–Kier alpha value is -2.23. The normalized spacial score (nSPS) is 17.2. The van der Waals surface area contributed by atoms with Crippen molar-refractivity contribution in [2.45, 2.75) is 40.5 Å². The van der Waals surface area contributed by atoms with Crippen molar-refractivity contribution in [3.63, 3.8) is 0 Å². The van der Waals surface area contributed by atoms with Crippen LogP contribution in [0.2, 0.25) is 0 Å². The van der Waals surface area contributed by atoms with Crippen molar-refractivity contribution < 1.29 is 4.79 Å². The number of aromatic nitrogens is 3. The minimum atomic E-state index is -0.0191. The minimum Gasteiger partial charge on any atom is -0.294 e. The molecule has 0 aliphatic heterocycles. The highest BCUT2D eigenvalue weighted by Gasteiger charge is 2.33. The molecule has 112 valence electrons. The number of aryl methyl sites for hydroxylation is 2. The van der Waals surface area contributed by atoms with Gasteiger partial charge in [0, 0.05) is 18.3 Å². The lowest BCUT2D eigenvalue weighted by Crippen LogP contribution is -2.29. The van der Waals surface area contributed by atoms with Crippen molar-refractivity contribution in [3.8, 4) is 0 Å². The third-order valence-electron chi connectivity index (χ3n) is 4.73. The van der Waals surface area contributed by atoms with E-state index < -0.39 is 0 Å². The summed E-state index contributed by atoms with van der Waals surface area (Å²) in [6, 6.07) is 4.25. The summed E-state index contributed by atoms with van der Waals surface area (Å²) in [5.74, 6) is 0.871. The van der Waals surface area contributed by atoms with E-state index in [2.05, 4.69) is 54.2 Å². The molecule has 0 atom stereocenters. The standard InChI is InChI=1S/C18H19N3O/c1-10-5-13-14(6-11(10)2)21-15-7-18(3,4)8-16(22)12(15)9-19-17(21)20-13/h5-6,9H,7-8H2,1-4H3. The Morgan fingerprint density at radius 3 is 2.64 bits per heavy atom. The van der Waals surface area contributed by atoms with Gasteiger partial charge in [0.05, 0.1) is 16.6 Å². The Bertz CT molecular complexity index is 950. The molecule has 2 heterocycles. The van der Waals surface area contributed by atoms with Crippen molar-refractivity contribution in [1.29, 1.82) is 0 Å². The number of hydrogen-bond donors (Lipinski definition) is 0. The lowest BCUT2D eigenvalue weighted by Gasteiger charge is -2.30. The van der Waals surface area contributed by atoms with Crippen LogP contribution in [0.5, 0.6) is 0 Å². The molecule has 0 amide bonds. The van der Waals surface area contributed by atoms with E-state index in [9.17, 15) is 4.79 Å². The number of imidazole rings is 1. The largest absolute Gasteiger partial charge is 0.294 e. The zero-order chi connectivity index (χ0) is 15.6. The van der Waals surface area contributed by atoms with Gasteiger partial charge < -0.3 is 0 Å². The average molecular weight is 293 g/mol. The Balaban J connectivity index is 2.14. The summed E-state index contributed by atoms with van der Waals surface area (Å²) in [6.45, 7) is 8.49. The van der Waals surface area contributed by atoms with E-state index in [0.717, 1.165) is 28.7 Å². The van der Waals surface area contributed by atoms with Crippen LogP contribution in [0.1, 0.15) is 47.4 Å². The van der Waals surface area contributed by atoms with Gasteiger partial charge >= 0.3 is 0 Å². The third kappa shape index (κ3) is 1.79. The van der Waals surface area contributed by atoms with E-state index in [4.69, 9.17) is 0 Å². The maximum absolute atomic E-state index is 12.5. The van der Waals surface area contributed by atoms with Crippen LogP contribution in [0.15, 0.2) is 18.3 Å². The van der Waals surface area contributed by atoms with Gasteiger partial charge in [-0.25, -0.2) is 9.97 Å². The molecule has 1 aromatic carbocycles. The molecule has 0 N–H and O–H groups in total. The van der Waals surface area contributed by atoms with Crippen molar-refractivity contribution >= 4 is 22.6 Å². The van der Waals surface area contributed by atoms with Gasteiger partial charge in [-0.2, -0.15) is 0 Å². The van der Waals surface area contributed by atoms with Crippen LogP contribution in [0.4, 0.5) is 0 Å². The number of carbonyl (C=O) groups is 1. The average Bonchev–Trinajstić information content (AvgIpc) is 2.76. The molecule has 4 nitrogen and oxygen atoms in total. The van der Waals surface area contributed by atoms with E-state index in [0.29, 0.717) is 12.2 Å². The zero-order valence-corrected chi connectivity index (χ0v) is 13.4. The Morgan fingerprint density at radius 2 is 1.86 bits per heavy atom. The topological polar surface area (TPSA) is 47.3 Å². The molecule has 1 aliphatic rings. The number of benzene rings is 1. The summed E-state index contributed by atoms with van der Waals surface area (Å²) >= 11 is 0. The number of hydrogen-bond acceptors (Lipinski definition) is 3. The highest BCUT2D eigenvalue weighted by molar-refractivity contribution is 5.99. The van der Waals surface area contributed by atoms with Gasteiger partial charge in [0.15, 0.2) is 5.78 Å². The number of carbonyl (C=O) groups excluding carboxylic acids is 1. The van der Waals surface area contributed by atoms with Gasteiger partial charge in [-0.3, -0.25) is 9.20 Å². The van der Waals surface area contributed by atoms with Gasteiger partial charge in [-0.15, -0.1) is 0 Å². The molecule has 0 fully saturated rings. The molecule has 0 spiro atoms. The molecule has 0 saturated heterocycles. The summed E-state index contributed by atoms with van der Waals surface area (Å²) in [4.78, 5) is 21.5. The van der Waals surface area contributed by atoms with Gasteiger partial charge in [-0.05, 0) is 48.9 Å². The van der Waals surface area contributed by atoms with Gasteiger partial charge in [0.25, 0.3) is 0 Å². The maximum Gasteiger partial charge on any atom is 0.235 e. The first-order chi connectivity index (χ1) is 10.4. The van der Waals surface area contributed by atoms with Crippen LogP contribution < -0.4 is 0 Å². The van der Waals surface area contributed by atoms with Crippen LogP contribution in [-0.2, 0) is 6.42 Å². The first-order valence-electron chi connectivity index (χ1n) is 7.66. The highest BCUT2D eigenvalue weighted by atomic mass is 16.1. The van der Waals surface area contributed by atoms with E-state index in [1.807, 2.05) is 0 Å². The summed E-state index contributed by atoms with van der Waals surface area (Å²) < 4.78 is 2.08. The fraction of sp³-hybridized carbons (Fsp3) is 0.389. The second-order valence-electron chi connectivity index (χ2n) is 7.23. The SMILES string of the molecule is Cc1cc2nc3ncc4c(n3c2cc1C)CC(C)(C)CC4=O. The summed E-state index contributed by atoms with van der Waals surface area (Å²) in [5.41, 5.74) is 6.23. The smallest absolute Gasteiger partial charge is 0.235 e. The number of nitrogens with zero attached hydrogens (tertiary/aromatic N) is 3. The van der Waals surface area contributed by atoms with Gasteiger partial charge in [-0.1, -0.05) is 13.8 Å². The van der Waals surface area contributed by atoms with Gasteiger partial charge in [0.1, 0.15) is 0 Å². The zero-order valence-electron chi connectivity index (χ0n) is 13.4. The molecular formula is C18H19N3O. The second-order valence-corrected chi connectivity index (χ2v) is 7.23. The molecule has 4 heteroatoms. The van der Waals surface area contributed by atoms with Crippen LogP contribution in [-0.4, -0.2) is 20.2 Å². The quantitative estimate of drug-likeness (QED) is 0.635. The molecule has 0 unspecified atom stereocenters. The first kappa shape index (κ1) is 13.4. The number of Topliss-reactive ketones (excluding diaryl/α,β-unsaturated/α-hetero) is 1. The fourth-order valence-electron chi connectivity index (χ4n) is 3.44. The minimum absolute atomic E-state index is 0.0191. The third-order valence-corrected chi connectivity index (χ3v) is 4.73. The van der Waals surface area contributed by atoms with E-state index in [1.165, 1.54) is 11.1 Å². The van der Waals surface area contributed by atoms with E-state index >= 15 is 0 Å². The lowest BCUT2D eigenvalue weighted by molar-refractivity contribution is 0.0909. The maximum atomic E-state index is 12.5. The van der Waals surface area contributed by atoms with Crippen LogP contribution in [0, 0.1) is 19.3 Å². The van der Waals surface area contributed by atoms with Crippen molar-refractivity contribution in [2.24, 2.45) is 5.41 Å². The summed E-state index contributed by atoms with van der Waals surface area (Å²) in [7, 11) is 0. The molecular weight excluding hydrogens is 274 g/mol. The predicted molar refractivity (Wildman–Crippen MR) is 86.4 cm³/mol. The van der Waals surface area contributed by atoms with Crippen LogP contribution in [0.25, 0.3) is 16.8 Å². The summed E-state index contributed by atoms with van der Waals surface area (Å²) in [6.07, 6.45) is 3.15. The van der Waals surface area contributed by atoms with Crippen LogP contribution in [0.3, 0.4) is 0 Å². The highest BCUT2D eigenvalue weighted by Crippen LogP contribution is 2.35. The summed E-state index contributed by atoms with van der Waals surface area (Å²) in [5, 5.41) is 0. The number of rotatable bonds is 0. The molecule has 1 aliphatic carbocycles. The Morgan fingerprint density at radius 1 is 1.14 bits per heavy atom. The fourth-order valence-corrected chi connectivity index (χ4v) is 3.44. The Labute approximate surface area is 129 Å². The number of ketones is 1. The first-order valence-corrected chi connectivity index (χ1v) is 7.66. The second kappa shape index (κ2) is 4.15. The monoisotopic (exact) mass is 293 g/mol. The van der Waals surface area contributed by atoms with E-state index in [1.54, 1.807) is 6.20 Å². The predicted octanol–water partition coefficient (Wildman–Crippen LogP) is 3.65. The molecule has 0 bridgehead atoms. The van der Waals surface area contributed by atoms with Crippen molar-refractivity contribution in [2.75, 3.05) is 0 Å². The molecule has 2 aromatic heterocycles. The van der Waals surface area contributed by atoms with Crippen LogP contribution >= 0.6 is 0 Å². The molecule has 4 rings (SSSR count). The molecule has 0 saturated carbocycles. The van der Waals surface area contributed by atoms with Gasteiger partial charge in [0.2, 0.25) is 5.78 Å². The molecule has 22 heavy (non-hydrogen) atoms. The van der Waals surface area contributed by atoms with Crippen molar-refractivity contribution in [1.82, 2.24) is 14.4 Å². The molecule has 3 aromatic rings. The van der Waals surface area contributed by atoms with Crippen molar-refractivity contribution in [3.05, 3.63) is 40.7 Å².